The Hall–Kier alpha value is -2.86. The fourth-order valence-electron chi connectivity index (χ4n) is 2.27. The number of carbonyl (C=O) groups is 2. The smallest absolute Gasteiger partial charge is 0.363 e. The minimum absolute atomic E-state index is 0.0354. The standard InChI is InChI=1S/C19H21NO5/c1-13(2)11-14-7-9-15(10-8-14)12-18(22)24-20-25-19(23)16-5-3-4-6-17(16)21/h3-10,13,20-21H,11-12H2,1-2H3. The van der Waals surface area contributed by atoms with Crippen LogP contribution in [-0.2, 0) is 27.3 Å². The Labute approximate surface area is 146 Å². The van der Waals surface area contributed by atoms with Crippen molar-refractivity contribution in [2.75, 3.05) is 0 Å². The maximum Gasteiger partial charge on any atom is 0.363 e. The second kappa shape index (κ2) is 8.84. The van der Waals surface area contributed by atoms with Crippen molar-refractivity contribution < 1.29 is 24.4 Å². The first kappa shape index (κ1) is 18.5. The molecule has 25 heavy (non-hydrogen) atoms. The molecular formula is C19H21NO5. The predicted molar refractivity (Wildman–Crippen MR) is 91.4 cm³/mol. The SMILES string of the molecule is CC(C)Cc1ccc(CC(=O)ONOC(=O)c2ccccc2O)cc1. The number of para-hydroxylation sites is 1. The molecule has 0 heterocycles. The largest absolute Gasteiger partial charge is 0.507 e. The molecule has 132 valence electrons. The van der Waals surface area contributed by atoms with Gasteiger partial charge in [0.2, 0.25) is 0 Å². The van der Waals surface area contributed by atoms with E-state index in [0.29, 0.717) is 5.92 Å². The summed E-state index contributed by atoms with van der Waals surface area (Å²) in [6, 6.07) is 13.6. The molecule has 0 aromatic heterocycles. The summed E-state index contributed by atoms with van der Waals surface area (Å²) in [5.74, 6) is -1.11. The van der Waals surface area contributed by atoms with Crippen LogP contribution in [0.5, 0.6) is 5.75 Å². The van der Waals surface area contributed by atoms with Gasteiger partial charge in [-0.15, -0.1) is 0 Å². The van der Waals surface area contributed by atoms with E-state index >= 15 is 0 Å². The molecule has 0 bridgehead atoms. The van der Waals surface area contributed by atoms with Crippen LogP contribution in [0, 0.1) is 5.92 Å². The lowest BCUT2D eigenvalue weighted by molar-refractivity contribution is -0.176. The van der Waals surface area contributed by atoms with Gasteiger partial charge >= 0.3 is 11.9 Å². The molecule has 0 radical (unpaired) electrons. The third-order valence-corrected chi connectivity index (χ3v) is 3.43. The summed E-state index contributed by atoms with van der Waals surface area (Å²) in [6.45, 7) is 4.29. The molecule has 0 aliphatic heterocycles. The van der Waals surface area contributed by atoms with Crippen LogP contribution < -0.4 is 5.64 Å². The van der Waals surface area contributed by atoms with Crippen molar-refractivity contribution in [3.63, 3.8) is 0 Å². The van der Waals surface area contributed by atoms with E-state index in [2.05, 4.69) is 23.5 Å². The molecule has 0 amide bonds. The van der Waals surface area contributed by atoms with Crippen LogP contribution in [-0.4, -0.2) is 17.0 Å². The van der Waals surface area contributed by atoms with Crippen LogP contribution >= 0.6 is 0 Å². The van der Waals surface area contributed by atoms with Gasteiger partial charge in [0.25, 0.3) is 0 Å². The van der Waals surface area contributed by atoms with Crippen molar-refractivity contribution in [1.29, 1.82) is 0 Å². The van der Waals surface area contributed by atoms with Crippen LogP contribution in [0.3, 0.4) is 0 Å². The fraction of sp³-hybridized carbons (Fsp3) is 0.263. The fourth-order valence-corrected chi connectivity index (χ4v) is 2.27. The van der Waals surface area contributed by atoms with Crippen LogP contribution in [0.2, 0.25) is 0 Å². The minimum atomic E-state index is -0.857. The summed E-state index contributed by atoms with van der Waals surface area (Å²) in [7, 11) is 0. The molecule has 0 fully saturated rings. The minimum Gasteiger partial charge on any atom is -0.507 e. The van der Waals surface area contributed by atoms with E-state index in [0.717, 1.165) is 12.0 Å². The Morgan fingerprint density at radius 1 is 1.00 bits per heavy atom. The zero-order valence-corrected chi connectivity index (χ0v) is 14.2. The molecule has 0 unspecified atom stereocenters. The van der Waals surface area contributed by atoms with Crippen LogP contribution in [0.15, 0.2) is 48.5 Å². The van der Waals surface area contributed by atoms with Gasteiger partial charge < -0.3 is 14.8 Å². The van der Waals surface area contributed by atoms with Crippen molar-refractivity contribution >= 4 is 11.9 Å². The van der Waals surface area contributed by atoms with Gasteiger partial charge in [0.1, 0.15) is 11.3 Å². The van der Waals surface area contributed by atoms with E-state index in [-0.39, 0.29) is 17.7 Å². The van der Waals surface area contributed by atoms with Gasteiger partial charge in [0, 0.05) is 5.64 Å². The lowest BCUT2D eigenvalue weighted by Crippen LogP contribution is -2.25. The normalized spacial score (nSPS) is 10.5. The van der Waals surface area contributed by atoms with Gasteiger partial charge in [-0.05, 0) is 35.6 Å². The molecule has 0 aliphatic rings. The summed E-state index contributed by atoms with van der Waals surface area (Å²) in [4.78, 5) is 32.7. The van der Waals surface area contributed by atoms with Crippen molar-refractivity contribution in [3.05, 3.63) is 65.2 Å². The Bertz CT molecular complexity index is 725. The summed E-state index contributed by atoms with van der Waals surface area (Å²) in [5, 5.41) is 9.52. The number of phenolic OH excluding ortho intramolecular Hbond substituents is 1. The topological polar surface area (TPSA) is 84.9 Å². The van der Waals surface area contributed by atoms with Crippen molar-refractivity contribution in [2.24, 2.45) is 5.92 Å². The van der Waals surface area contributed by atoms with Crippen LogP contribution in [0.25, 0.3) is 0 Å². The number of aromatic hydroxyl groups is 1. The Balaban J connectivity index is 1.77. The van der Waals surface area contributed by atoms with E-state index < -0.39 is 11.9 Å². The number of hydrogen-bond acceptors (Lipinski definition) is 6. The highest BCUT2D eigenvalue weighted by atomic mass is 16.9. The van der Waals surface area contributed by atoms with Crippen LogP contribution in [0.1, 0.15) is 35.3 Å². The Morgan fingerprint density at radius 2 is 1.64 bits per heavy atom. The lowest BCUT2D eigenvalue weighted by Gasteiger charge is -2.08. The molecule has 2 aromatic carbocycles. The van der Waals surface area contributed by atoms with E-state index in [1.165, 1.54) is 17.7 Å². The summed E-state index contributed by atoms with van der Waals surface area (Å²) in [6.07, 6.45) is 1.03. The third-order valence-electron chi connectivity index (χ3n) is 3.43. The maximum absolute atomic E-state index is 11.7. The van der Waals surface area contributed by atoms with Gasteiger partial charge in [0.05, 0.1) is 6.42 Å². The molecule has 6 heteroatoms. The van der Waals surface area contributed by atoms with Crippen molar-refractivity contribution in [1.82, 2.24) is 5.64 Å². The highest BCUT2D eigenvalue weighted by molar-refractivity contribution is 5.92. The van der Waals surface area contributed by atoms with E-state index in [1.807, 2.05) is 29.9 Å². The molecule has 0 saturated heterocycles. The third kappa shape index (κ3) is 5.93. The van der Waals surface area contributed by atoms with Crippen molar-refractivity contribution in [2.45, 2.75) is 26.7 Å². The lowest BCUT2D eigenvalue weighted by atomic mass is 10.0. The van der Waals surface area contributed by atoms with Crippen molar-refractivity contribution in [3.8, 4) is 5.75 Å². The van der Waals surface area contributed by atoms with Crippen LogP contribution in [0.4, 0.5) is 0 Å². The first-order valence-corrected chi connectivity index (χ1v) is 7.97. The molecule has 0 spiro atoms. The highest BCUT2D eigenvalue weighted by Crippen LogP contribution is 2.16. The summed E-state index contributed by atoms with van der Waals surface area (Å²) < 4.78 is 0. The molecule has 2 rings (SSSR count). The first-order chi connectivity index (χ1) is 12.0. The highest BCUT2D eigenvalue weighted by Gasteiger charge is 2.13. The van der Waals surface area contributed by atoms with Gasteiger partial charge in [-0.3, -0.25) is 0 Å². The predicted octanol–water partition coefficient (Wildman–Crippen LogP) is 2.95. The average Bonchev–Trinajstić information content (AvgIpc) is 2.56. The number of carbonyl (C=O) groups excluding carboxylic acids is 2. The molecule has 6 nitrogen and oxygen atoms in total. The van der Waals surface area contributed by atoms with Gasteiger partial charge in [-0.2, -0.15) is 0 Å². The number of phenols is 1. The maximum atomic E-state index is 11.7. The zero-order chi connectivity index (χ0) is 18.2. The molecule has 2 aromatic rings. The molecule has 0 saturated carbocycles. The summed E-state index contributed by atoms with van der Waals surface area (Å²) in [5.41, 5.74) is 3.83. The van der Waals surface area contributed by atoms with Gasteiger partial charge in [-0.25, -0.2) is 9.59 Å². The molecule has 0 atom stereocenters. The Morgan fingerprint density at radius 3 is 2.28 bits per heavy atom. The second-order valence-corrected chi connectivity index (χ2v) is 6.06. The summed E-state index contributed by atoms with van der Waals surface area (Å²) >= 11 is 0. The molecule has 2 N–H and O–H groups in total. The molecule has 0 aliphatic carbocycles. The van der Waals surface area contributed by atoms with Gasteiger partial charge in [0.15, 0.2) is 0 Å². The van der Waals surface area contributed by atoms with E-state index in [9.17, 15) is 14.7 Å². The first-order valence-electron chi connectivity index (χ1n) is 7.97. The number of benzene rings is 2. The van der Waals surface area contributed by atoms with Gasteiger partial charge in [-0.1, -0.05) is 50.2 Å². The quantitative estimate of drug-likeness (QED) is 0.752. The number of hydrogen-bond donors (Lipinski definition) is 2. The molecular weight excluding hydrogens is 322 g/mol. The van der Waals surface area contributed by atoms with E-state index in [1.54, 1.807) is 12.1 Å². The second-order valence-electron chi connectivity index (χ2n) is 6.06. The number of nitrogens with one attached hydrogen (secondary N) is 1. The number of rotatable bonds is 7. The van der Waals surface area contributed by atoms with E-state index in [4.69, 9.17) is 0 Å². The monoisotopic (exact) mass is 343 g/mol. The zero-order valence-electron chi connectivity index (χ0n) is 14.2. The average molecular weight is 343 g/mol. The Kier molecular flexibility index (Phi) is 6.54.